The molecule has 2 aliphatic heterocycles. The molecule has 1 saturated heterocycles. The lowest BCUT2D eigenvalue weighted by Crippen LogP contribution is -2.54. The van der Waals surface area contributed by atoms with Crippen molar-refractivity contribution < 1.29 is 23.9 Å². The van der Waals surface area contributed by atoms with E-state index < -0.39 is 0 Å². The molecule has 2 aromatic carbocycles. The average Bonchev–Trinajstić information content (AvgIpc) is 2.87. The number of hydrogen-bond donors (Lipinski definition) is 2. The Morgan fingerprint density at radius 1 is 1.09 bits per heavy atom. The molecule has 3 amide bonds. The molecule has 186 valence electrons. The summed E-state index contributed by atoms with van der Waals surface area (Å²) in [6.07, 6.45) is 2.29. The van der Waals surface area contributed by atoms with Crippen LogP contribution in [0.4, 0.5) is 5.69 Å². The van der Waals surface area contributed by atoms with Crippen molar-refractivity contribution in [1.29, 1.82) is 0 Å². The molecule has 3 atom stereocenters. The summed E-state index contributed by atoms with van der Waals surface area (Å²) in [4.78, 5) is 39.2. The number of anilines is 1. The molecular weight excluding hydrogens is 446 g/mol. The first-order valence-corrected chi connectivity index (χ1v) is 12.2. The third-order valence-electron chi connectivity index (χ3n) is 6.61. The maximum atomic E-state index is 13.3. The van der Waals surface area contributed by atoms with E-state index in [-0.39, 0.29) is 49.0 Å². The summed E-state index contributed by atoms with van der Waals surface area (Å²) in [6, 6.07) is 15.0. The molecule has 8 nitrogen and oxygen atoms in total. The van der Waals surface area contributed by atoms with Crippen LogP contribution in [0.2, 0.25) is 0 Å². The molecule has 2 N–H and O–H groups in total. The minimum Gasteiger partial charge on any atom is -0.490 e. The van der Waals surface area contributed by atoms with Crippen LogP contribution in [-0.2, 0) is 20.7 Å². The number of nitrogens with zero attached hydrogens (tertiary/aromatic N) is 1. The van der Waals surface area contributed by atoms with Gasteiger partial charge in [-0.15, -0.1) is 0 Å². The van der Waals surface area contributed by atoms with E-state index in [1.54, 1.807) is 37.1 Å². The molecule has 1 fully saturated rings. The van der Waals surface area contributed by atoms with Gasteiger partial charge in [0.15, 0.2) is 0 Å². The van der Waals surface area contributed by atoms with Gasteiger partial charge in [-0.2, -0.15) is 0 Å². The highest BCUT2D eigenvalue weighted by Gasteiger charge is 2.39. The van der Waals surface area contributed by atoms with E-state index in [1.165, 1.54) is 5.56 Å². The Morgan fingerprint density at radius 3 is 2.66 bits per heavy atom. The van der Waals surface area contributed by atoms with Gasteiger partial charge < -0.3 is 25.0 Å². The van der Waals surface area contributed by atoms with Gasteiger partial charge in [-0.3, -0.25) is 14.4 Å². The highest BCUT2D eigenvalue weighted by Crippen LogP contribution is 2.32. The minimum atomic E-state index is -0.326. The van der Waals surface area contributed by atoms with Gasteiger partial charge >= 0.3 is 0 Å². The van der Waals surface area contributed by atoms with Crippen LogP contribution in [0.3, 0.4) is 0 Å². The van der Waals surface area contributed by atoms with E-state index in [0.29, 0.717) is 36.4 Å². The first-order chi connectivity index (χ1) is 16.9. The van der Waals surface area contributed by atoms with Gasteiger partial charge in [0, 0.05) is 25.7 Å². The van der Waals surface area contributed by atoms with E-state index in [2.05, 4.69) is 10.6 Å². The van der Waals surface area contributed by atoms with Crippen LogP contribution in [0.5, 0.6) is 5.75 Å². The molecule has 0 radical (unpaired) electrons. The lowest BCUT2D eigenvalue weighted by molar-refractivity contribution is -0.134. The van der Waals surface area contributed by atoms with Crippen molar-refractivity contribution in [1.82, 2.24) is 10.2 Å². The monoisotopic (exact) mass is 479 g/mol. The van der Waals surface area contributed by atoms with E-state index in [9.17, 15) is 14.4 Å². The van der Waals surface area contributed by atoms with E-state index in [0.717, 1.165) is 12.8 Å². The molecule has 0 saturated carbocycles. The van der Waals surface area contributed by atoms with Gasteiger partial charge in [0.2, 0.25) is 11.8 Å². The van der Waals surface area contributed by atoms with Crippen LogP contribution in [-0.4, -0.2) is 61.1 Å². The molecule has 0 unspecified atom stereocenters. The second kappa shape index (κ2) is 11.4. The van der Waals surface area contributed by atoms with Gasteiger partial charge in [0.05, 0.1) is 24.1 Å². The fourth-order valence-electron chi connectivity index (χ4n) is 4.62. The quantitative estimate of drug-likeness (QED) is 0.636. The van der Waals surface area contributed by atoms with Crippen molar-refractivity contribution in [3.63, 3.8) is 0 Å². The molecule has 2 aliphatic rings. The van der Waals surface area contributed by atoms with Crippen molar-refractivity contribution in [2.75, 3.05) is 25.5 Å². The number of likely N-dealkylation sites (N-methyl/N-ethyl adjacent to an activating group) is 1. The standard InChI is InChI=1S/C27H33N3O5/c1-3-25(31)29-19-9-12-23-21(15-19)27(33)30(2)22-11-10-20(35-24(22)17-34-23)16-26(32)28-14-13-18-7-5-4-6-8-18/h4-9,12,15,20,22,24H,3,10-11,13-14,16-17H2,1-2H3,(H,28,32)(H,29,31)/t20-,22+,24+/m1/s1. The normalized spacial score (nSPS) is 21.6. The number of carbonyl (C=O) groups excluding carboxylic acids is 3. The van der Waals surface area contributed by atoms with Crippen LogP contribution in [0.25, 0.3) is 0 Å². The number of ether oxygens (including phenoxy) is 2. The second-order valence-corrected chi connectivity index (χ2v) is 9.07. The van der Waals surface area contributed by atoms with Gasteiger partial charge in [-0.1, -0.05) is 37.3 Å². The Morgan fingerprint density at radius 2 is 1.89 bits per heavy atom. The summed E-state index contributed by atoms with van der Waals surface area (Å²) in [5, 5.41) is 5.77. The third-order valence-corrected chi connectivity index (χ3v) is 6.61. The second-order valence-electron chi connectivity index (χ2n) is 9.07. The Balaban J connectivity index is 1.35. The molecule has 4 rings (SSSR count). The number of carbonyl (C=O) groups is 3. The van der Waals surface area contributed by atoms with Gasteiger partial charge in [-0.25, -0.2) is 0 Å². The Kier molecular flexibility index (Phi) is 8.02. The maximum absolute atomic E-state index is 13.3. The fraction of sp³-hybridized carbons (Fsp3) is 0.444. The number of amides is 3. The number of hydrogen-bond acceptors (Lipinski definition) is 5. The first-order valence-electron chi connectivity index (χ1n) is 12.2. The molecule has 0 spiro atoms. The lowest BCUT2D eigenvalue weighted by atomic mass is 9.94. The lowest BCUT2D eigenvalue weighted by Gasteiger charge is -2.42. The molecule has 35 heavy (non-hydrogen) atoms. The predicted molar refractivity (Wildman–Crippen MR) is 132 cm³/mol. The highest BCUT2D eigenvalue weighted by atomic mass is 16.5. The molecule has 2 heterocycles. The summed E-state index contributed by atoms with van der Waals surface area (Å²) < 4.78 is 12.2. The third kappa shape index (κ3) is 6.19. The highest BCUT2D eigenvalue weighted by molar-refractivity contribution is 5.99. The fourth-order valence-corrected chi connectivity index (χ4v) is 4.62. The number of fused-ring (bicyclic) bond motifs is 2. The van der Waals surface area contributed by atoms with Crippen LogP contribution >= 0.6 is 0 Å². The van der Waals surface area contributed by atoms with Crippen molar-refractivity contribution >= 4 is 23.4 Å². The van der Waals surface area contributed by atoms with E-state index in [1.807, 2.05) is 30.3 Å². The van der Waals surface area contributed by atoms with Crippen molar-refractivity contribution in [3.05, 3.63) is 59.7 Å². The molecule has 0 aromatic heterocycles. The molecule has 8 heteroatoms. The average molecular weight is 480 g/mol. The Labute approximate surface area is 206 Å². The number of benzene rings is 2. The predicted octanol–water partition coefficient (Wildman–Crippen LogP) is 3.16. The molecule has 2 aromatic rings. The van der Waals surface area contributed by atoms with Crippen molar-refractivity contribution in [2.45, 2.75) is 57.3 Å². The summed E-state index contributed by atoms with van der Waals surface area (Å²) in [6.45, 7) is 2.64. The summed E-state index contributed by atoms with van der Waals surface area (Å²) in [5.41, 5.74) is 2.17. The van der Waals surface area contributed by atoms with Crippen molar-refractivity contribution in [3.8, 4) is 5.75 Å². The Bertz CT molecular complexity index is 1060. The van der Waals surface area contributed by atoms with E-state index >= 15 is 0 Å². The van der Waals surface area contributed by atoms with Crippen LogP contribution in [0.15, 0.2) is 48.5 Å². The number of nitrogens with one attached hydrogen (secondary N) is 2. The van der Waals surface area contributed by atoms with Crippen molar-refractivity contribution in [2.24, 2.45) is 0 Å². The summed E-state index contributed by atoms with van der Waals surface area (Å²) >= 11 is 0. The SMILES string of the molecule is CCC(=O)Nc1ccc2c(c1)C(=O)N(C)[C@H]1CC[C@H](CC(=O)NCCc3ccccc3)O[C@H]1CO2. The van der Waals surface area contributed by atoms with Crippen LogP contribution in [0.1, 0.15) is 48.5 Å². The smallest absolute Gasteiger partial charge is 0.257 e. The first kappa shape index (κ1) is 24.7. The van der Waals surface area contributed by atoms with Gasteiger partial charge in [0.25, 0.3) is 5.91 Å². The molecule has 0 aliphatic carbocycles. The van der Waals surface area contributed by atoms with Gasteiger partial charge in [-0.05, 0) is 43.0 Å². The molecule has 0 bridgehead atoms. The topological polar surface area (TPSA) is 97.0 Å². The zero-order valence-corrected chi connectivity index (χ0v) is 20.3. The zero-order chi connectivity index (χ0) is 24.8. The van der Waals surface area contributed by atoms with E-state index in [4.69, 9.17) is 9.47 Å². The Hall–Kier alpha value is -3.39. The van der Waals surface area contributed by atoms with Crippen LogP contribution in [0, 0.1) is 0 Å². The van der Waals surface area contributed by atoms with Gasteiger partial charge in [0.1, 0.15) is 18.5 Å². The summed E-state index contributed by atoms with van der Waals surface area (Å²) in [7, 11) is 1.77. The number of rotatable bonds is 7. The zero-order valence-electron chi connectivity index (χ0n) is 20.3. The maximum Gasteiger partial charge on any atom is 0.257 e. The largest absolute Gasteiger partial charge is 0.490 e. The van der Waals surface area contributed by atoms with Crippen LogP contribution < -0.4 is 15.4 Å². The summed E-state index contributed by atoms with van der Waals surface area (Å²) in [5.74, 6) is 0.128. The minimum absolute atomic E-state index is 0.0347. The molecular formula is C27H33N3O5.